The highest BCUT2D eigenvalue weighted by Gasteiger charge is 2.10. The topological polar surface area (TPSA) is 73.3 Å². The van der Waals surface area contributed by atoms with E-state index in [-0.39, 0.29) is 12.4 Å². The first-order valence-corrected chi connectivity index (χ1v) is 8.69. The lowest BCUT2D eigenvalue weighted by molar-refractivity contribution is -0.142. The van der Waals surface area contributed by atoms with Crippen LogP contribution in [0.5, 0.6) is 5.75 Å². The SMILES string of the molecule is CCOC(=O)Cc1csc(Nc2nc3ccc(OC)cc3s2)n1. The highest BCUT2D eigenvalue weighted by molar-refractivity contribution is 7.22. The maximum atomic E-state index is 11.5. The predicted molar refractivity (Wildman–Crippen MR) is 91.9 cm³/mol. The van der Waals surface area contributed by atoms with E-state index in [0.717, 1.165) is 21.1 Å². The normalized spacial score (nSPS) is 10.7. The Labute approximate surface area is 141 Å². The number of benzene rings is 1. The molecule has 3 rings (SSSR count). The number of thiazole rings is 2. The number of carbonyl (C=O) groups is 1. The molecule has 23 heavy (non-hydrogen) atoms. The lowest BCUT2D eigenvalue weighted by Crippen LogP contribution is -2.07. The van der Waals surface area contributed by atoms with E-state index in [1.165, 1.54) is 22.7 Å². The monoisotopic (exact) mass is 349 g/mol. The summed E-state index contributed by atoms with van der Waals surface area (Å²) < 4.78 is 11.2. The van der Waals surface area contributed by atoms with Gasteiger partial charge in [0.25, 0.3) is 0 Å². The van der Waals surface area contributed by atoms with Gasteiger partial charge in [-0.3, -0.25) is 4.79 Å². The van der Waals surface area contributed by atoms with Gasteiger partial charge in [0, 0.05) is 5.38 Å². The van der Waals surface area contributed by atoms with Crippen molar-refractivity contribution in [1.29, 1.82) is 0 Å². The van der Waals surface area contributed by atoms with E-state index in [1.807, 2.05) is 23.6 Å². The summed E-state index contributed by atoms with van der Waals surface area (Å²) in [6.07, 6.45) is 0.184. The molecule has 0 spiro atoms. The summed E-state index contributed by atoms with van der Waals surface area (Å²) in [5.74, 6) is 0.537. The molecule has 0 aliphatic heterocycles. The molecule has 0 bridgehead atoms. The lowest BCUT2D eigenvalue weighted by atomic mass is 10.3. The van der Waals surface area contributed by atoms with Gasteiger partial charge in [0.2, 0.25) is 0 Å². The second-order valence-corrected chi connectivity index (χ2v) is 6.49. The van der Waals surface area contributed by atoms with Crippen LogP contribution in [0.1, 0.15) is 12.6 Å². The van der Waals surface area contributed by atoms with Crippen LogP contribution in [-0.2, 0) is 16.0 Å². The number of ether oxygens (including phenoxy) is 2. The molecule has 0 radical (unpaired) electrons. The smallest absolute Gasteiger partial charge is 0.311 e. The summed E-state index contributed by atoms with van der Waals surface area (Å²) in [5, 5.41) is 6.48. The van der Waals surface area contributed by atoms with Gasteiger partial charge in [-0.25, -0.2) is 9.97 Å². The number of esters is 1. The van der Waals surface area contributed by atoms with E-state index in [1.54, 1.807) is 14.0 Å². The zero-order chi connectivity index (χ0) is 16.2. The molecule has 0 atom stereocenters. The van der Waals surface area contributed by atoms with Crippen molar-refractivity contribution in [1.82, 2.24) is 9.97 Å². The average molecular weight is 349 g/mol. The molecule has 2 heterocycles. The van der Waals surface area contributed by atoms with E-state index in [9.17, 15) is 4.79 Å². The minimum Gasteiger partial charge on any atom is -0.497 e. The minimum absolute atomic E-state index is 0.184. The number of methoxy groups -OCH3 is 1. The molecule has 1 N–H and O–H groups in total. The number of rotatable bonds is 6. The van der Waals surface area contributed by atoms with Crippen molar-refractivity contribution in [2.75, 3.05) is 19.0 Å². The number of hydrogen-bond acceptors (Lipinski definition) is 8. The average Bonchev–Trinajstić information content (AvgIpc) is 3.13. The van der Waals surface area contributed by atoms with Gasteiger partial charge in [0.15, 0.2) is 10.3 Å². The summed E-state index contributed by atoms with van der Waals surface area (Å²) in [7, 11) is 1.64. The molecule has 120 valence electrons. The number of anilines is 2. The first-order chi connectivity index (χ1) is 11.2. The molecular formula is C15H15N3O3S2. The third kappa shape index (κ3) is 3.77. The van der Waals surface area contributed by atoms with Crippen LogP contribution in [0.4, 0.5) is 10.3 Å². The highest BCUT2D eigenvalue weighted by atomic mass is 32.1. The van der Waals surface area contributed by atoms with Crippen LogP contribution in [0.15, 0.2) is 23.6 Å². The van der Waals surface area contributed by atoms with Gasteiger partial charge in [-0.15, -0.1) is 11.3 Å². The fourth-order valence-corrected chi connectivity index (χ4v) is 3.65. The molecule has 8 heteroatoms. The Balaban J connectivity index is 1.72. The van der Waals surface area contributed by atoms with Crippen LogP contribution in [0.3, 0.4) is 0 Å². The summed E-state index contributed by atoms with van der Waals surface area (Å²) in [5.41, 5.74) is 1.60. The largest absolute Gasteiger partial charge is 0.497 e. The first-order valence-electron chi connectivity index (χ1n) is 6.99. The summed E-state index contributed by atoms with van der Waals surface area (Å²) in [6, 6.07) is 5.75. The Kier molecular flexibility index (Phi) is 4.73. The zero-order valence-electron chi connectivity index (χ0n) is 12.7. The number of fused-ring (bicyclic) bond motifs is 1. The van der Waals surface area contributed by atoms with Crippen LogP contribution in [-0.4, -0.2) is 29.7 Å². The Morgan fingerprint density at radius 1 is 1.30 bits per heavy atom. The van der Waals surface area contributed by atoms with E-state index >= 15 is 0 Å². The molecule has 6 nitrogen and oxygen atoms in total. The van der Waals surface area contributed by atoms with Crippen molar-refractivity contribution in [3.63, 3.8) is 0 Å². The maximum Gasteiger partial charge on any atom is 0.311 e. The summed E-state index contributed by atoms with van der Waals surface area (Å²) in [6.45, 7) is 2.16. The van der Waals surface area contributed by atoms with Crippen molar-refractivity contribution in [3.8, 4) is 5.75 Å². The first kappa shape index (κ1) is 15.7. The van der Waals surface area contributed by atoms with Gasteiger partial charge in [0.1, 0.15) is 5.75 Å². The van der Waals surface area contributed by atoms with Gasteiger partial charge in [0.05, 0.1) is 36.0 Å². The molecule has 0 fully saturated rings. The fraction of sp³-hybridized carbons (Fsp3) is 0.267. The summed E-state index contributed by atoms with van der Waals surface area (Å²) >= 11 is 2.96. The molecular weight excluding hydrogens is 334 g/mol. The Morgan fingerprint density at radius 3 is 2.96 bits per heavy atom. The Morgan fingerprint density at radius 2 is 2.17 bits per heavy atom. The molecule has 1 aromatic carbocycles. The van der Waals surface area contributed by atoms with Gasteiger partial charge < -0.3 is 14.8 Å². The molecule has 2 aromatic heterocycles. The second-order valence-electron chi connectivity index (χ2n) is 4.60. The van der Waals surface area contributed by atoms with Crippen LogP contribution >= 0.6 is 22.7 Å². The van der Waals surface area contributed by atoms with Crippen molar-refractivity contribution in [2.24, 2.45) is 0 Å². The standard InChI is InChI=1S/C15H15N3O3S2/c1-3-21-13(19)6-9-8-22-14(16-9)18-15-17-11-5-4-10(20-2)7-12(11)23-15/h4-5,7-8H,3,6H2,1-2H3,(H,16,17,18). The molecule has 0 amide bonds. The van der Waals surface area contributed by atoms with Crippen molar-refractivity contribution < 1.29 is 14.3 Å². The van der Waals surface area contributed by atoms with Crippen LogP contribution in [0.2, 0.25) is 0 Å². The maximum absolute atomic E-state index is 11.5. The molecule has 0 aliphatic carbocycles. The molecule has 0 unspecified atom stereocenters. The molecule has 3 aromatic rings. The van der Waals surface area contributed by atoms with Crippen molar-refractivity contribution >= 4 is 49.1 Å². The number of nitrogens with zero attached hydrogens (tertiary/aromatic N) is 2. The Hall–Kier alpha value is -2.19. The third-order valence-corrected chi connectivity index (χ3v) is 4.73. The van der Waals surface area contributed by atoms with Crippen LogP contribution in [0.25, 0.3) is 10.2 Å². The van der Waals surface area contributed by atoms with E-state index in [2.05, 4.69) is 15.3 Å². The minimum atomic E-state index is -0.267. The van der Waals surface area contributed by atoms with Gasteiger partial charge in [-0.2, -0.15) is 0 Å². The van der Waals surface area contributed by atoms with E-state index in [0.29, 0.717) is 17.4 Å². The third-order valence-electron chi connectivity index (χ3n) is 2.99. The summed E-state index contributed by atoms with van der Waals surface area (Å²) in [4.78, 5) is 20.3. The molecule has 0 saturated carbocycles. The van der Waals surface area contributed by atoms with Crippen LogP contribution < -0.4 is 10.1 Å². The van der Waals surface area contributed by atoms with Gasteiger partial charge in [-0.05, 0) is 25.1 Å². The lowest BCUT2D eigenvalue weighted by Gasteiger charge is -1.98. The predicted octanol–water partition coefficient (Wildman–Crippen LogP) is 3.61. The second kappa shape index (κ2) is 6.93. The fourth-order valence-electron chi connectivity index (χ4n) is 1.98. The highest BCUT2D eigenvalue weighted by Crippen LogP contribution is 2.31. The van der Waals surface area contributed by atoms with E-state index < -0.39 is 0 Å². The quantitative estimate of drug-likeness (QED) is 0.685. The molecule has 0 aliphatic rings. The number of aromatic nitrogens is 2. The Bertz CT molecular complexity index is 828. The zero-order valence-corrected chi connectivity index (χ0v) is 14.3. The van der Waals surface area contributed by atoms with Crippen LogP contribution in [0, 0.1) is 0 Å². The van der Waals surface area contributed by atoms with Crippen molar-refractivity contribution in [3.05, 3.63) is 29.3 Å². The number of hydrogen-bond donors (Lipinski definition) is 1. The number of nitrogens with one attached hydrogen (secondary N) is 1. The van der Waals surface area contributed by atoms with Crippen molar-refractivity contribution in [2.45, 2.75) is 13.3 Å². The van der Waals surface area contributed by atoms with Gasteiger partial charge >= 0.3 is 5.97 Å². The van der Waals surface area contributed by atoms with E-state index in [4.69, 9.17) is 9.47 Å². The van der Waals surface area contributed by atoms with Gasteiger partial charge in [-0.1, -0.05) is 11.3 Å². The number of carbonyl (C=O) groups excluding carboxylic acids is 1. The molecule has 0 saturated heterocycles.